The summed E-state index contributed by atoms with van der Waals surface area (Å²) in [5.74, 6) is 1.84. The summed E-state index contributed by atoms with van der Waals surface area (Å²) < 4.78 is 11.8. The number of fused-ring (bicyclic) bond motifs is 1. The molecule has 3 rings (SSSR count). The molecular formula is C16H24N2O2. The summed E-state index contributed by atoms with van der Waals surface area (Å²) in [5, 5.41) is 3.44. The van der Waals surface area contributed by atoms with Crippen LogP contribution in [0, 0.1) is 0 Å². The number of benzene rings is 1. The van der Waals surface area contributed by atoms with Gasteiger partial charge in [0.25, 0.3) is 0 Å². The highest BCUT2D eigenvalue weighted by Gasteiger charge is 2.43. The van der Waals surface area contributed by atoms with Crippen molar-refractivity contribution in [2.24, 2.45) is 0 Å². The molecule has 2 aliphatic heterocycles. The highest BCUT2D eigenvalue weighted by atomic mass is 16.5. The van der Waals surface area contributed by atoms with E-state index in [-0.39, 0.29) is 5.60 Å². The lowest BCUT2D eigenvalue weighted by atomic mass is 9.82. The normalized spacial score (nSPS) is 29.9. The van der Waals surface area contributed by atoms with E-state index in [0.29, 0.717) is 6.04 Å². The summed E-state index contributed by atoms with van der Waals surface area (Å²) >= 11 is 0. The number of methoxy groups -OCH3 is 1. The molecule has 20 heavy (non-hydrogen) atoms. The fourth-order valence-electron chi connectivity index (χ4n) is 3.60. The third kappa shape index (κ3) is 2.38. The summed E-state index contributed by atoms with van der Waals surface area (Å²) in [6.45, 7) is 2.17. The largest absolute Gasteiger partial charge is 0.497 e. The first kappa shape index (κ1) is 13.7. The van der Waals surface area contributed by atoms with Crippen LogP contribution in [0.4, 0.5) is 0 Å². The van der Waals surface area contributed by atoms with Crippen LogP contribution in [0.25, 0.3) is 0 Å². The number of ether oxygens (including phenoxy) is 2. The molecule has 1 spiro atoms. The molecule has 1 fully saturated rings. The van der Waals surface area contributed by atoms with Gasteiger partial charge in [-0.3, -0.25) is 0 Å². The third-order valence-corrected chi connectivity index (χ3v) is 4.58. The summed E-state index contributed by atoms with van der Waals surface area (Å²) in [6.07, 6.45) is 3.37. The average Bonchev–Trinajstić information content (AvgIpc) is 2.45. The molecule has 110 valence electrons. The van der Waals surface area contributed by atoms with Crippen LogP contribution in [-0.2, 0) is 0 Å². The molecule has 4 heteroatoms. The van der Waals surface area contributed by atoms with E-state index in [9.17, 15) is 0 Å². The van der Waals surface area contributed by atoms with Crippen LogP contribution in [-0.4, -0.2) is 44.8 Å². The van der Waals surface area contributed by atoms with Crippen LogP contribution in [0.5, 0.6) is 11.5 Å². The molecule has 0 saturated carbocycles. The van der Waals surface area contributed by atoms with Gasteiger partial charge in [0, 0.05) is 30.6 Å². The maximum Gasteiger partial charge on any atom is 0.128 e. The molecule has 2 aliphatic rings. The van der Waals surface area contributed by atoms with Crippen molar-refractivity contribution in [2.45, 2.75) is 30.9 Å². The Morgan fingerprint density at radius 2 is 2.30 bits per heavy atom. The predicted octanol–water partition coefficient (Wildman–Crippen LogP) is 2.20. The quantitative estimate of drug-likeness (QED) is 0.898. The van der Waals surface area contributed by atoms with E-state index >= 15 is 0 Å². The number of hydrogen-bond acceptors (Lipinski definition) is 4. The second-order valence-electron chi connectivity index (χ2n) is 6.08. The number of likely N-dealkylation sites (N-methyl/N-ethyl adjacent to an activating group) is 1. The van der Waals surface area contributed by atoms with Gasteiger partial charge in [0.1, 0.15) is 17.1 Å². The molecule has 2 atom stereocenters. The first-order valence-corrected chi connectivity index (χ1v) is 7.38. The molecule has 1 aromatic rings. The van der Waals surface area contributed by atoms with Crippen molar-refractivity contribution < 1.29 is 9.47 Å². The molecule has 4 nitrogen and oxygen atoms in total. The second kappa shape index (κ2) is 5.26. The average molecular weight is 276 g/mol. The van der Waals surface area contributed by atoms with E-state index in [1.165, 1.54) is 18.5 Å². The van der Waals surface area contributed by atoms with Crippen molar-refractivity contribution in [1.29, 1.82) is 0 Å². The molecule has 2 unspecified atom stereocenters. The molecule has 1 N–H and O–H groups in total. The molecular weight excluding hydrogens is 252 g/mol. The van der Waals surface area contributed by atoms with Crippen LogP contribution in [0.1, 0.15) is 30.9 Å². The number of rotatable bonds is 2. The Morgan fingerprint density at radius 1 is 1.45 bits per heavy atom. The highest BCUT2D eigenvalue weighted by Crippen LogP contribution is 2.44. The standard InChI is InChI=1S/C16H24N2O2/c1-17-14-10-16(7-4-8-18(2)11-16)20-15-9-12(19-3)5-6-13(14)15/h5-6,9,14,17H,4,7-8,10-11H2,1-3H3. The molecule has 0 aromatic heterocycles. The maximum atomic E-state index is 6.44. The van der Waals surface area contributed by atoms with Crippen molar-refractivity contribution in [3.05, 3.63) is 23.8 Å². The van der Waals surface area contributed by atoms with Crippen molar-refractivity contribution in [3.63, 3.8) is 0 Å². The van der Waals surface area contributed by atoms with Crippen LogP contribution in [0.3, 0.4) is 0 Å². The fourth-order valence-corrected chi connectivity index (χ4v) is 3.60. The highest BCUT2D eigenvalue weighted by molar-refractivity contribution is 5.44. The Morgan fingerprint density at radius 3 is 3.00 bits per heavy atom. The van der Waals surface area contributed by atoms with Crippen LogP contribution in [0.2, 0.25) is 0 Å². The lowest BCUT2D eigenvalue weighted by molar-refractivity contribution is -0.0264. The van der Waals surface area contributed by atoms with Crippen LogP contribution in [0.15, 0.2) is 18.2 Å². The predicted molar refractivity (Wildman–Crippen MR) is 79.5 cm³/mol. The molecule has 1 saturated heterocycles. The van der Waals surface area contributed by atoms with E-state index in [0.717, 1.165) is 30.9 Å². The summed E-state index contributed by atoms with van der Waals surface area (Å²) in [5.41, 5.74) is 1.19. The molecule has 0 bridgehead atoms. The van der Waals surface area contributed by atoms with Gasteiger partial charge < -0.3 is 19.7 Å². The summed E-state index contributed by atoms with van der Waals surface area (Å²) in [7, 11) is 5.91. The van der Waals surface area contributed by atoms with Gasteiger partial charge in [0.2, 0.25) is 0 Å². The first-order valence-electron chi connectivity index (χ1n) is 7.38. The lowest BCUT2D eigenvalue weighted by Crippen LogP contribution is -2.54. The molecule has 2 heterocycles. The Balaban J connectivity index is 1.95. The van der Waals surface area contributed by atoms with Gasteiger partial charge in [-0.2, -0.15) is 0 Å². The number of piperidine rings is 1. The molecule has 0 radical (unpaired) electrons. The molecule has 0 aliphatic carbocycles. The second-order valence-corrected chi connectivity index (χ2v) is 6.08. The van der Waals surface area contributed by atoms with Crippen molar-refractivity contribution >= 4 is 0 Å². The monoisotopic (exact) mass is 276 g/mol. The van der Waals surface area contributed by atoms with E-state index < -0.39 is 0 Å². The third-order valence-electron chi connectivity index (χ3n) is 4.58. The smallest absolute Gasteiger partial charge is 0.128 e. The van der Waals surface area contributed by atoms with Crippen molar-refractivity contribution in [1.82, 2.24) is 10.2 Å². The summed E-state index contributed by atoms with van der Waals surface area (Å²) in [4.78, 5) is 2.38. The van der Waals surface area contributed by atoms with Crippen LogP contribution >= 0.6 is 0 Å². The van der Waals surface area contributed by atoms with Gasteiger partial charge in [-0.25, -0.2) is 0 Å². The topological polar surface area (TPSA) is 33.7 Å². The van der Waals surface area contributed by atoms with Gasteiger partial charge in [-0.05, 0) is 39.5 Å². The molecule has 1 aromatic carbocycles. The minimum absolute atomic E-state index is 0.0555. The van der Waals surface area contributed by atoms with Gasteiger partial charge in [0.15, 0.2) is 0 Å². The zero-order chi connectivity index (χ0) is 14.2. The fraction of sp³-hybridized carbons (Fsp3) is 0.625. The first-order chi connectivity index (χ1) is 9.65. The summed E-state index contributed by atoms with van der Waals surface area (Å²) in [6, 6.07) is 6.51. The number of nitrogens with zero attached hydrogens (tertiary/aromatic N) is 1. The Kier molecular flexibility index (Phi) is 3.61. The minimum atomic E-state index is -0.0555. The Bertz CT molecular complexity index is 491. The zero-order valence-corrected chi connectivity index (χ0v) is 12.6. The molecule has 0 amide bonds. The van der Waals surface area contributed by atoms with E-state index in [1.807, 2.05) is 19.2 Å². The van der Waals surface area contributed by atoms with Crippen molar-refractivity contribution in [2.75, 3.05) is 34.3 Å². The van der Waals surface area contributed by atoms with Gasteiger partial charge in [-0.15, -0.1) is 0 Å². The van der Waals surface area contributed by atoms with Gasteiger partial charge in [0.05, 0.1) is 7.11 Å². The van der Waals surface area contributed by atoms with Crippen molar-refractivity contribution in [3.8, 4) is 11.5 Å². The zero-order valence-electron chi connectivity index (χ0n) is 12.6. The Labute approximate surface area is 121 Å². The van der Waals surface area contributed by atoms with Crippen LogP contribution < -0.4 is 14.8 Å². The van der Waals surface area contributed by atoms with Gasteiger partial charge >= 0.3 is 0 Å². The van der Waals surface area contributed by atoms with E-state index in [4.69, 9.17) is 9.47 Å². The number of nitrogens with one attached hydrogen (secondary N) is 1. The number of likely N-dealkylation sites (tertiary alicyclic amines) is 1. The number of hydrogen-bond donors (Lipinski definition) is 1. The SMILES string of the molecule is CNC1CC2(CCCN(C)C2)Oc2cc(OC)ccc21. The Hall–Kier alpha value is -1.26. The van der Waals surface area contributed by atoms with E-state index in [2.05, 4.69) is 23.3 Å². The minimum Gasteiger partial charge on any atom is -0.497 e. The lowest BCUT2D eigenvalue weighted by Gasteiger charge is -2.47. The van der Waals surface area contributed by atoms with E-state index in [1.54, 1.807) is 7.11 Å². The van der Waals surface area contributed by atoms with Gasteiger partial charge in [-0.1, -0.05) is 6.07 Å². The maximum absolute atomic E-state index is 6.44.